The molecule has 2 N–H and O–H groups in total. The van der Waals surface area contributed by atoms with E-state index in [1.54, 1.807) is 42.5 Å². The Morgan fingerprint density at radius 2 is 1.48 bits per heavy atom. The van der Waals surface area contributed by atoms with Crippen LogP contribution in [-0.2, 0) is 7.05 Å². The van der Waals surface area contributed by atoms with Crippen LogP contribution in [0.25, 0.3) is 22.2 Å². The maximum Gasteiger partial charge on any atom is 0.195 e. The zero-order valence-corrected chi connectivity index (χ0v) is 16.7. The quantitative estimate of drug-likeness (QED) is 0.449. The summed E-state index contributed by atoms with van der Waals surface area (Å²) < 4.78 is 1.91. The number of phenols is 2. The van der Waals surface area contributed by atoms with Gasteiger partial charge in [-0.1, -0.05) is 38.1 Å². The molecule has 0 atom stereocenters. The zero-order valence-electron chi connectivity index (χ0n) is 16.7. The lowest BCUT2D eigenvalue weighted by Crippen LogP contribution is -2.04. The van der Waals surface area contributed by atoms with Crippen LogP contribution >= 0.6 is 0 Å². The number of aromatic nitrogens is 1. The van der Waals surface area contributed by atoms with Crippen LogP contribution in [0.15, 0.2) is 66.7 Å². The van der Waals surface area contributed by atoms with E-state index < -0.39 is 0 Å². The Labute approximate surface area is 169 Å². The van der Waals surface area contributed by atoms with Crippen molar-refractivity contribution in [3.63, 3.8) is 0 Å². The average molecular weight is 385 g/mol. The summed E-state index contributed by atoms with van der Waals surface area (Å²) in [6, 6.07) is 19.6. The van der Waals surface area contributed by atoms with Gasteiger partial charge in [0, 0.05) is 24.1 Å². The van der Waals surface area contributed by atoms with Crippen molar-refractivity contribution >= 4 is 16.7 Å². The summed E-state index contributed by atoms with van der Waals surface area (Å²) >= 11 is 0. The van der Waals surface area contributed by atoms with E-state index in [0.29, 0.717) is 17.0 Å². The third-order valence-electron chi connectivity index (χ3n) is 5.39. The molecule has 0 bridgehead atoms. The number of nitrogens with zero attached hydrogens (tertiary/aromatic N) is 1. The average Bonchev–Trinajstić information content (AvgIpc) is 3.00. The number of hydrogen-bond acceptors (Lipinski definition) is 3. The van der Waals surface area contributed by atoms with Gasteiger partial charge in [-0.2, -0.15) is 0 Å². The van der Waals surface area contributed by atoms with Crippen molar-refractivity contribution in [1.82, 2.24) is 4.57 Å². The number of carbonyl (C=O) groups excluding carboxylic acids is 1. The standard InChI is InChI=1S/C25H23NO3/c1-15(2)16-4-6-18(7-5-16)25(29)23-21-13-12-20(28)14-22(21)26(3)24(23)17-8-10-19(27)11-9-17/h4-15,27-28H,1-3H3. The number of carbonyl (C=O) groups is 1. The van der Waals surface area contributed by atoms with E-state index in [0.717, 1.165) is 22.2 Å². The highest BCUT2D eigenvalue weighted by atomic mass is 16.3. The highest BCUT2D eigenvalue weighted by molar-refractivity contribution is 6.20. The second-order valence-electron chi connectivity index (χ2n) is 7.64. The molecule has 0 amide bonds. The Balaban J connectivity index is 1.95. The van der Waals surface area contributed by atoms with Crippen molar-refractivity contribution in [3.05, 3.63) is 83.4 Å². The number of hydrogen-bond donors (Lipinski definition) is 2. The van der Waals surface area contributed by atoms with Crippen molar-refractivity contribution in [2.75, 3.05) is 0 Å². The van der Waals surface area contributed by atoms with Crippen LogP contribution in [0.3, 0.4) is 0 Å². The molecule has 0 aliphatic carbocycles. The van der Waals surface area contributed by atoms with Gasteiger partial charge in [-0.15, -0.1) is 0 Å². The van der Waals surface area contributed by atoms with E-state index in [-0.39, 0.29) is 17.3 Å². The molecule has 0 saturated heterocycles. The maximum atomic E-state index is 13.6. The lowest BCUT2D eigenvalue weighted by Gasteiger charge is -2.10. The summed E-state index contributed by atoms with van der Waals surface area (Å²) in [6.45, 7) is 4.24. The van der Waals surface area contributed by atoms with Crippen LogP contribution in [-0.4, -0.2) is 20.6 Å². The lowest BCUT2D eigenvalue weighted by molar-refractivity contribution is 0.104. The number of ketones is 1. The molecule has 4 heteroatoms. The Hall–Kier alpha value is -3.53. The van der Waals surface area contributed by atoms with Gasteiger partial charge >= 0.3 is 0 Å². The highest BCUT2D eigenvalue weighted by Gasteiger charge is 2.23. The molecule has 29 heavy (non-hydrogen) atoms. The molecule has 4 rings (SSSR count). The third-order valence-corrected chi connectivity index (χ3v) is 5.39. The molecule has 0 aliphatic rings. The number of rotatable bonds is 4. The second kappa shape index (κ2) is 7.13. The van der Waals surface area contributed by atoms with Crippen molar-refractivity contribution in [1.29, 1.82) is 0 Å². The lowest BCUT2D eigenvalue weighted by atomic mass is 9.95. The van der Waals surface area contributed by atoms with Gasteiger partial charge in [0.15, 0.2) is 5.78 Å². The van der Waals surface area contributed by atoms with E-state index in [4.69, 9.17) is 0 Å². The molecule has 3 aromatic carbocycles. The van der Waals surface area contributed by atoms with Crippen molar-refractivity contribution < 1.29 is 15.0 Å². The first-order valence-electron chi connectivity index (χ1n) is 9.62. The minimum Gasteiger partial charge on any atom is -0.508 e. The fourth-order valence-electron chi connectivity index (χ4n) is 3.78. The van der Waals surface area contributed by atoms with Gasteiger partial charge in [0.1, 0.15) is 11.5 Å². The molecule has 1 aromatic heterocycles. The highest BCUT2D eigenvalue weighted by Crippen LogP contribution is 2.36. The summed E-state index contributed by atoms with van der Waals surface area (Å²) in [5.41, 5.74) is 4.74. The number of aromatic hydroxyl groups is 2. The summed E-state index contributed by atoms with van der Waals surface area (Å²) in [5, 5.41) is 20.4. The molecule has 0 radical (unpaired) electrons. The molecule has 0 spiro atoms. The smallest absolute Gasteiger partial charge is 0.195 e. The van der Waals surface area contributed by atoms with Gasteiger partial charge in [-0.05, 0) is 53.4 Å². The van der Waals surface area contributed by atoms with E-state index in [1.165, 1.54) is 5.56 Å². The maximum absolute atomic E-state index is 13.6. The fraction of sp³-hybridized carbons (Fsp3) is 0.160. The Bertz CT molecular complexity index is 1200. The molecule has 146 valence electrons. The van der Waals surface area contributed by atoms with Gasteiger partial charge < -0.3 is 14.8 Å². The molecular formula is C25H23NO3. The van der Waals surface area contributed by atoms with Crippen LogP contribution in [0.4, 0.5) is 0 Å². The molecule has 0 aliphatic heterocycles. The third kappa shape index (κ3) is 3.27. The Morgan fingerprint density at radius 3 is 2.10 bits per heavy atom. The Kier molecular flexibility index (Phi) is 4.63. The van der Waals surface area contributed by atoms with E-state index in [1.807, 2.05) is 35.9 Å². The van der Waals surface area contributed by atoms with E-state index in [9.17, 15) is 15.0 Å². The van der Waals surface area contributed by atoms with Crippen LogP contribution in [0, 0.1) is 0 Å². The number of phenolic OH excluding ortho intramolecular Hbond substituents is 2. The number of fused-ring (bicyclic) bond motifs is 1. The van der Waals surface area contributed by atoms with Crippen LogP contribution in [0.2, 0.25) is 0 Å². The molecule has 0 saturated carbocycles. The zero-order chi connectivity index (χ0) is 20.7. The molecule has 4 aromatic rings. The summed E-state index contributed by atoms with van der Waals surface area (Å²) in [5.74, 6) is 0.643. The first kappa shape index (κ1) is 18.8. The van der Waals surface area contributed by atoms with Gasteiger partial charge in [0.2, 0.25) is 0 Å². The van der Waals surface area contributed by atoms with Crippen LogP contribution in [0.5, 0.6) is 11.5 Å². The minimum absolute atomic E-state index is 0.0697. The van der Waals surface area contributed by atoms with Crippen LogP contribution in [0.1, 0.15) is 41.3 Å². The molecular weight excluding hydrogens is 362 g/mol. The van der Waals surface area contributed by atoms with Gasteiger partial charge in [0.05, 0.1) is 16.8 Å². The topological polar surface area (TPSA) is 62.5 Å². The molecule has 4 nitrogen and oxygen atoms in total. The fourth-order valence-corrected chi connectivity index (χ4v) is 3.78. The predicted octanol–water partition coefficient (Wildman–Crippen LogP) is 5.61. The monoisotopic (exact) mass is 385 g/mol. The van der Waals surface area contributed by atoms with Crippen molar-refractivity contribution in [2.45, 2.75) is 19.8 Å². The predicted molar refractivity (Wildman–Crippen MR) is 116 cm³/mol. The Morgan fingerprint density at radius 1 is 0.862 bits per heavy atom. The van der Waals surface area contributed by atoms with Gasteiger partial charge in [0.25, 0.3) is 0 Å². The number of aryl methyl sites for hydroxylation is 1. The second-order valence-corrected chi connectivity index (χ2v) is 7.64. The van der Waals surface area contributed by atoms with Crippen molar-refractivity contribution in [3.8, 4) is 22.8 Å². The summed E-state index contributed by atoms with van der Waals surface area (Å²) in [4.78, 5) is 13.6. The normalized spacial score (nSPS) is 11.3. The van der Waals surface area contributed by atoms with Gasteiger partial charge in [-0.25, -0.2) is 0 Å². The molecule has 0 fully saturated rings. The first-order valence-corrected chi connectivity index (χ1v) is 9.62. The van der Waals surface area contributed by atoms with Gasteiger partial charge in [-0.3, -0.25) is 4.79 Å². The summed E-state index contributed by atoms with van der Waals surface area (Å²) in [6.07, 6.45) is 0. The van der Waals surface area contributed by atoms with E-state index in [2.05, 4.69) is 13.8 Å². The molecule has 1 heterocycles. The number of benzene rings is 3. The summed E-state index contributed by atoms with van der Waals surface area (Å²) in [7, 11) is 1.88. The molecule has 0 unspecified atom stereocenters. The van der Waals surface area contributed by atoms with Crippen LogP contribution < -0.4 is 0 Å². The largest absolute Gasteiger partial charge is 0.508 e. The van der Waals surface area contributed by atoms with Crippen molar-refractivity contribution in [2.24, 2.45) is 7.05 Å². The minimum atomic E-state index is -0.0697. The van der Waals surface area contributed by atoms with E-state index >= 15 is 0 Å². The SMILES string of the molecule is CC(C)c1ccc(C(=O)c2c(-c3ccc(O)cc3)n(C)c3cc(O)ccc23)cc1. The first-order chi connectivity index (χ1) is 13.9.